The Hall–Kier alpha value is -1.15. The summed E-state index contributed by atoms with van der Waals surface area (Å²) in [5, 5.41) is 7.79. The van der Waals surface area contributed by atoms with Gasteiger partial charge in [-0.1, -0.05) is 25.4 Å². The van der Waals surface area contributed by atoms with Gasteiger partial charge in [-0.15, -0.1) is 0 Å². The summed E-state index contributed by atoms with van der Waals surface area (Å²) in [7, 11) is -3.85. The first-order valence-electron chi connectivity index (χ1n) is 5.99. The Labute approximate surface area is 123 Å². The molecule has 0 aliphatic rings. The number of hydrogen-bond acceptors (Lipinski definition) is 4. The molecule has 0 heterocycles. The fourth-order valence-electron chi connectivity index (χ4n) is 1.43. The maximum absolute atomic E-state index is 11.8. The molecule has 0 spiro atoms. The van der Waals surface area contributed by atoms with Crippen LogP contribution in [0.4, 0.5) is 5.69 Å². The van der Waals surface area contributed by atoms with Crippen LogP contribution in [0.1, 0.15) is 20.3 Å². The van der Waals surface area contributed by atoms with Crippen molar-refractivity contribution in [2.75, 3.05) is 5.32 Å². The number of nitrogens with one attached hydrogen (secondary N) is 1. The topological polar surface area (TPSA) is 115 Å². The third kappa shape index (κ3) is 4.75. The maximum atomic E-state index is 11.8. The van der Waals surface area contributed by atoms with E-state index in [1.165, 1.54) is 18.2 Å². The van der Waals surface area contributed by atoms with Crippen molar-refractivity contribution in [3.8, 4) is 0 Å². The summed E-state index contributed by atoms with van der Waals surface area (Å²) in [4.78, 5) is 11.7. The summed E-state index contributed by atoms with van der Waals surface area (Å²) < 4.78 is 22.5. The molecule has 0 aliphatic heterocycles. The van der Waals surface area contributed by atoms with Gasteiger partial charge in [-0.05, 0) is 24.1 Å². The number of rotatable bonds is 5. The monoisotopic (exact) mass is 319 g/mol. The number of anilines is 1. The molecule has 20 heavy (non-hydrogen) atoms. The fraction of sp³-hybridized carbons (Fsp3) is 0.417. The lowest BCUT2D eigenvalue weighted by atomic mass is 10.0. The Morgan fingerprint density at radius 1 is 1.40 bits per heavy atom. The first-order valence-corrected chi connectivity index (χ1v) is 7.91. The minimum absolute atomic E-state index is 0.119. The zero-order valence-corrected chi connectivity index (χ0v) is 12.8. The Morgan fingerprint density at radius 2 is 2.00 bits per heavy atom. The number of hydrogen-bond donors (Lipinski definition) is 3. The van der Waals surface area contributed by atoms with E-state index < -0.39 is 10.0 Å². The van der Waals surface area contributed by atoms with Crippen LogP contribution in [0.25, 0.3) is 0 Å². The number of carbonyl (C=O) groups is 1. The van der Waals surface area contributed by atoms with Gasteiger partial charge < -0.3 is 11.1 Å². The average Bonchev–Trinajstić information content (AvgIpc) is 2.30. The summed E-state index contributed by atoms with van der Waals surface area (Å²) in [5.74, 6) is -0.174. The molecule has 1 amide bonds. The largest absolute Gasteiger partial charge is 0.327 e. The highest BCUT2D eigenvalue weighted by Gasteiger charge is 2.16. The zero-order valence-electron chi connectivity index (χ0n) is 11.3. The Bertz CT molecular complexity index is 602. The molecule has 1 atom stereocenters. The summed E-state index contributed by atoms with van der Waals surface area (Å²) in [5.41, 5.74) is 5.99. The van der Waals surface area contributed by atoms with E-state index in [-0.39, 0.29) is 39.9 Å². The number of amides is 1. The molecule has 0 saturated carbocycles. The van der Waals surface area contributed by atoms with Gasteiger partial charge in [0.05, 0.1) is 15.6 Å². The van der Waals surface area contributed by atoms with Crippen molar-refractivity contribution in [3.05, 3.63) is 23.2 Å². The summed E-state index contributed by atoms with van der Waals surface area (Å²) in [6.07, 6.45) is 0.119. The third-order valence-corrected chi connectivity index (χ3v) is 4.06. The number of halogens is 1. The first kappa shape index (κ1) is 16.9. The van der Waals surface area contributed by atoms with Gasteiger partial charge in [0.25, 0.3) is 0 Å². The molecule has 112 valence electrons. The second-order valence-corrected chi connectivity index (χ2v) is 6.82. The predicted molar refractivity (Wildman–Crippen MR) is 78.9 cm³/mol. The van der Waals surface area contributed by atoms with Gasteiger partial charge in [-0.25, -0.2) is 13.6 Å². The number of carbonyl (C=O) groups excluding carboxylic acids is 1. The van der Waals surface area contributed by atoms with Crippen LogP contribution in [-0.2, 0) is 14.8 Å². The van der Waals surface area contributed by atoms with E-state index in [4.69, 9.17) is 22.5 Å². The minimum Gasteiger partial charge on any atom is -0.327 e. The number of primary sulfonamides is 1. The van der Waals surface area contributed by atoms with Gasteiger partial charge in [0.2, 0.25) is 15.9 Å². The number of sulfonamides is 1. The molecule has 0 aliphatic carbocycles. The average molecular weight is 320 g/mol. The van der Waals surface area contributed by atoms with E-state index in [1.807, 2.05) is 13.8 Å². The van der Waals surface area contributed by atoms with Crippen LogP contribution in [0.3, 0.4) is 0 Å². The third-order valence-electron chi connectivity index (χ3n) is 2.82. The molecule has 0 aromatic heterocycles. The van der Waals surface area contributed by atoms with E-state index in [9.17, 15) is 13.2 Å². The molecular formula is C12H18ClN3O3S. The second kappa shape index (κ2) is 6.53. The Balaban J connectivity index is 2.90. The van der Waals surface area contributed by atoms with E-state index in [1.54, 1.807) is 0 Å². The van der Waals surface area contributed by atoms with E-state index in [2.05, 4.69) is 5.32 Å². The van der Waals surface area contributed by atoms with Crippen LogP contribution in [0.2, 0.25) is 5.02 Å². The Kier molecular flexibility index (Phi) is 5.52. The van der Waals surface area contributed by atoms with E-state index >= 15 is 0 Å². The van der Waals surface area contributed by atoms with Gasteiger partial charge in [-0.3, -0.25) is 4.79 Å². The molecule has 6 nitrogen and oxygen atoms in total. The molecule has 1 unspecified atom stereocenters. The molecule has 0 bridgehead atoms. The summed E-state index contributed by atoms with van der Waals surface area (Å²) >= 11 is 5.91. The van der Waals surface area contributed by atoms with E-state index in [0.29, 0.717) is 0 Å². The van der Waals surface area contributed by atoms with Crippen molar-refractivity contribution in [2.45, 2.75) is 31.2 Å². The molecular weight excluding hydrogens is 302 g/mol. The molecule has 0 fully saturated rings. The SMILES string of the molecule is CC(C)C(N)CC(=O)Nc1cc(S(N)(=O)=O)ccc1Cl. The minimum atomic E-state index is -3.85. The van der Waals surface area contributed by atoms with Crippen molar-refractivity contribution in [3.63, 3.8) is 0 Å². The lowest BCUT2D eigenvalue weighted by Crippen LogP contribution is -2.31. The smallest absolute Gasteiger partial charge is 0.238 e. The van der Waals surface area contributed by atoms with Crippen LogP contribution >= 0.6 is 11.6 Å². The predicted octanol–water partition coefficient (Wildman–Crippen LogP) is 1.30. The highest BCUT2D eigenvalue weighted by molar-refractivity contribution is 7.89. The van der Waals surface area contributed by atoms with Crippen LogP contribution in [0.5, 0.6) is 0 Å². The number of nitrogens with two attached hydrogens (primary N) is 2. The molecule has 0 radical (unpaired) electrons. The molecule has 5 N–H and O–H groups in total. The van der Waals surface area contributed by atoms with Gasteiger partial charge in [0.15, 0.2) is 0 Å². The molecule has 1 aromatic rings. The normalized spacial score (nSPS) is 13.3. The van der Waals surface area contributed by atoms with Crippen LogP contribution < -0.4 is 16.2 Å². The van der Waals surface area contributed by atoms with Crippen molar-refractivity contribution < 1.29 is 13.2 Å². The van der Waals surface area contributed by atoms with Crippen molar-refractivity contribution >= 4 is 33.2 Å². The quantitative estimate of drug-likeness (QED) is 0.758. The number of benzene rings is 1. The van der Waals surface area contributed by atoms with Gasteiger partial charge >= 0.3 is 0 Å². The first-order chi connectivity index (χ1) is 9.11. The molecule has 1 aromatic carbocycles. The molecule has 0 saturated heterocycles. The second-order valence-electron chi connectivity index (χ2n) is 4.85. The lowest BCUT2D eigenvalue weighted by molar-refractivity contribution is -0.116. The lowest BCUT2D eigenvalue weighted by Gasteiger charge is -2.15. The molecule has 8 heteroatoms. The zero-order chi connectivity index (χ0) is 15.5. The van der Waals surface area contributed by atoms with Crippen molar-refractivity contribution in [1.29, 1.82) is 0 Å². The standard InChI is InChI=1S/C12H18ClN3O3S/c1-7(2)10(14)6-12(17)16-11-5-8(20(15,18)19)3-4-9(11)13/h3-5,7,10H,6,14H2,1-2H3,(H,16,17)(H2,15,18,19). The Morgan fingerprint density at radius 3 is 2.50 bits per heavy atom. The summed E-state index contributed by atoms with van der Waals surface area (Å²) in [6.45, 7) is 3.82. The van der Waals surface area contributed by atoms with Crippen LogP contribution in [0.15, 0.2) is 23.1 Å². The van der Waals surface area contributed by atoms with E-state index in [0.717, 1.165) is 0 Å². The van der Waals surface area contributed by atoms with Crippen molar-refractivity contribution in [2.24, 2.45) is 16.8 Å². The molecule has 1 rings (SSSR count). The van der Waals surface area contributed by atoms with Gasteiger partial charge in [-0.2, -0.15) is 0 Å². The highest BCUT2D eigenvalue weighted by atomic mass is 35.5. The van der Waals surface area contributed by atoms with Gasteiger partial charge in [0.1, 0.15) is 0 Å². The van der Waals surface area contributed by atoms with Crippen molar-refractivity contribution in [1.82, 2.24) is 0 Å². The summed E-state index contributed by atoms with van der Waals surface area (Å²) in [6, 6.07) is 3.57. The van der Waals surface area contributed by atoms with Gasteiger partial charge in [0, 0.05) is 12.5 Å². The van der Waals surface area contributed by atoms with Crippen LogP contribution in [0, 0.1) is 5.92 Å². The van der Waals surface area contributed by atoms with Crippen LogP contribution in [-0.4, -0.2) is 20.4 Å². The fourth-order valence-corrected chi connectivity index (χ4v) is 2.13. The maximum Gasteiger partial charge on any atom is 0.238 e. The highest BCUT2D eigenvalue weighted by Crippen LogP contribution is 2.25.